The second-order valence-electron chi connectivity index (χ2n) is 4.85. The average molecular weight is 327 g/mol. The molecule has 0 atom stereocenters. The van der Waals surface area contributed by atoms with Crippen LogP contribution in [-0.4, -0.2) is 18.6 Å². The van der Waals surface area contributed by atoms with Gasteiger partial charge in [0.05, 0.1) is 10.2 Å². The Kier molecular flexibility index (Phi) is 5.07. The van der Waals surface area contributed by atoms with Crippen LogP contribution in [0.4, 0.5) is 5.69 Å². The van der Waals surface area contributed by atoms with Gasteiger partial charge in [-0.3, -0.25) is 4.79 Å². The Morgan fingerprint density at radius 3 is 2.79 bits per heavy atom. The number of halogens is 1. The Morgan fingerprint density at radius 2 is 2.11 bits per heavy atom. The smallest absolute Gasteiger partial charge is 0.258 e. The minimum absolute atomic E-state index is 0.00329. The maximum absolute atomic E-state index is 11.8. The zero-order chi connectivity index (χ0) is 13.7. The number of benzene rings is 1. The van der Waals surface area contributed by atoms with Crippen molar-refractivity contribution < 1.29 is 9.53 Å². The summed E-state index contributed by atoms with van der Waals surface area (Å²) in [6.45, 7) is 0.00329. The number of anilines is 1. The quantitative estimate of drug-likeness (QED) is 0.836. The van der Waals surface area contributed by atoms with Gasteiger partial charge in [-0.15, -0.1) is 0 Å². The van der Waals surface area contributed by atoms with E-state index in [4.69, 9.17) is 10.5 Å². The van der Waals surface area contributed by atoms with E-state index in [9.17, 15) is 4.79 Å². The maximum atomic E-state index is 11.8. The molecule has 1 amide bonds. The van der Waals surface area contributed by atoms with E-state index in [-0.39, 0.29) is 12.5 Å². The van der Waals surface area contributed by atoms with E-state index < -0.39 is 0 Å². The van der Waals surface area contributed by atoms with Crippen molar-refractivity contribution in [1.29, 1.82) is 0 Å². The molecule has 5 heteroatoms. The summed E-state index contributed by atoms with van der Waals surface area (Å²) < 4.78 is 6.25. The molecule has 1 aliphatic rings. The summed E-state index contributed by atoms with van der Waals surface area (Å²) in [5.41, 5.74) is 6.33. The molecule has 1 aromatic rings. The number of carbonyl (C=O) groups is 1. The molecule has 0 unspecified atom stereocenters. The van der Waals surface area contributed by atoms with Crippen LogP contribution in [0, 0.1) is 0 Å². The first-order valence-corrected chi connectivity index (χ1v) is 7.42. The molecule has 3 N–H and O–H groups in total. The average Bonchev–Trinajstić information content (AvgIpc) is 2.39. The number of ether oxygens (including phenoxy) is 1. The SMILES string of the molecule is Nc1cccc(Br)c1OCC(=O)NC1CCCCC1. The van der Waals surface area contributed by atoms with E-state index in [0.29, 0.717) is 17.5 Å². The number of nitrogens with one attached hydrogen (secondary N) is 1. The van der Waals surface area contributed by atoms with Gasteiger partial charge in [0.15, 0.2) is 12.4 Å². The Morgan fingerprint density at radius 1 is 1.37 bits per heavy atom. The lowest BCUT2D eigenvalue weighted by molar-refractivity contribution is -0.124. The summed E-state index contributed by atoms with van der Waals surface area (Å²) in [6.07, 6.45) is 5.81. The van der Waals surface area contributed by atoms with E-state index in [0.717, 1.165) is 17.3 Å². The third kappa shape index (κ3) is 4.13. The van der Waals surface area contributed by atoms with Gasteiger partial charge in [-0.1, -0.05) is 25.3 Å². The van der Waals surface area contributed by atoms with Gasteiger partial charge in [0.2, 0.25) is 0 Å². The van der Waals surface area contributed by atoms with Crippen molar-refractivity contribution in [2.75, 3.05) is 12.3 Å². The highest BCUT2D eigenvalue weighted by atomic mass is 79.9. The molecule has 0 radical (unpaired) electrons. The number of nitrogens with two attached hydrogens (primary N) is 1. The zero-order valence-electron chi connectivity index (χ0n) is 10.8. The molecule has 0 aliphatic heterocycles. The van der Waals surface area contributed by atoms with E-state index >= 15 is 0 Å². The molecule has 0 heterocycles. The van der Waals surface area contributed by atoms with Crippen molar-refractivity contribution in [1.82, 2.24) is 5.32 Å². The van der Waals surface area contributed by atoms with Crippen LogP contribution in [-0.2, 0) is 4.79 Å². The molecule has 1 aromatic carbocycles. The molecular weight excluding hydrogens is 308 g/mol. The highest BCUT2D eigenvalue weighted by Crippen LogP contribution is 2.30. The van der Waals surface area contributed by atoms with Crippen molar-refractivity contribution in [2.45, 2.75) is 38.1 Å². The summed E-state index contributed by atoms with van der Waals surface area (Å²) in [4.78, 5) is 11.8. The number of rotatable bonds is 4. The van der Waals surface area contributed by atoms with Gasteiger partial charge < -0.3 is 15.8 Å². The summed E-state index contributed by atoms with van der Waals surface area (Å²) in [5.74, 6) is 0.448. The molecular formula is C14H19BrN2O2. The molecule has 0 spiro atoms. The first-order valence-electron chi connectivity index (χ1n) is 6.63. The number of nitrogen functional groups attached to an aromatic ring is 1. The van der Waals surface area contributed by atoms with Crippen LogP contribution in [0.3, 0.4) is 0 Å². The van der Waals surface area contributed by atoms with Crippen LogP contribution in [0.2, 0.25) is 0 Å². The Labute approximate surface area is 121 Å². The minimum atomic E-state index is -0.0814. The first kappa shape index (κ1) is 14.2. The summed E-state index contributed by atoms with van der Waals surface area (Å²) >= 11 is 3.36. The lowest BCUT2D eigenvalue weighted by atomic mass is 9.95. The van der Waals surface area contributed by atoms with E-state index in [1.54, 1.807) is 6.07 Å². The Hall–Kier alpha value is -1.23. The van der Waals surface area contributed by atoms with Crippen molar-refractivity contribution in [3.05, 3.63) is 22.7 Å². The molecule has 0 aromatic heterocycles. The predicted octanol–water partition coefficient (Wildman–Crippen LogP) is 2.86. The highest BCUT2D eigenvalue weighted by molar-refractivity contribution is 9.10. The lowest BCUT2D eigenvalue weighted by Gasteiger charge is -2.22. The first-order chi connectivity index (χ1) is 9.16. The van der Waals surface area contributed by atoms with Gasteiger partial charge in [-0.2, -0.15) is 0 Å². The fraction of sp³-hybridized carbons (Fsp3) is 0.500. The standard InChI is InChI=1S/C14H19BrN2O2/c15-11-7-4-8-12(16)14(11)19-9-13(18)17-10-5-2-1-3-6-10/h4,7-8,10H,1-3,5-6,9,16H2,(H,17,18). The molecule has 1 saturated carbocycles. The van der Waals surface area contributed by atoms with Crippen LogP contribution in [0.25, 0.3) is 0 Å². The molecule has 0 saturated heterocycles. The van der Waals surface area contributed by atoms with Crippen LogP contribution in [0.1, 0.15) is 32.1 Å². The molecule has 104 valence electrons. The van der Waals surface area contributed by atoms with Gasteiger partial charge >= 0.3 is 0 Å². The summed E-state index contributed by atoms with van der Waals surface area (Å²) in [5, 5.41) is 3.01. The third-order valence-corrected chi connectivity index (χ3v) is 3.94. The number of hydrogen-bond donors (Lipinski definition) is 2. The Bertz CT molecular complexity index is 425. The zero-order valence-corrected chi connectivity index (χ0v) is 12.4. The van der Waals surface area contributed by atoms with E-state index in [2.05, 4.69) is 21.2 Å². The molecule has 19 heavy (non-hydrogen) atoms. The van der Waals surface area contributed by atoms with Gasteiger partial charge in [-0.05, 0) is 40.9 Å². The van der Waals surface area contributed by atoms with Gasteiger partial charge in [0.1, 0.15) is 0 Å². The summed E-state index contributed by atoms with van der Waals surface area (Å²) in [6, 6.07) is 5.72. The van der Waals surface area contributed by atoms with E-state index in [1.165, 1.54) is 19.3 Å². The van der Waals surface area contributed by atoms with Crippen LogP contribution < -0.4 is 15.8 Å². The van der Waals surface area contributed by atoms with Crippen LogP contribution >= 0.6 is 15.9 Å². The van der Waals surface area contributed by atoms with Gasteiger partial charge in [0, 0.05) is 6.04 Å². The fourth-order valence-corrected chi connectivity index (χ4v) is 2.83. The fourth-order valence-electron chi connectivity index (χ4n) is 2.33. The second-order valence-corrected chi connectivity index (χ2v) is 5.70. The Balaban J connectivity index is 1.83. The van der Waals surface area contributed by atoms with Crippen LogP contribution in [0.5, 0.6) is 5.75 Å². The minimum Gasteiger partial charge on any atom is -0.480 e. The second kappa shape index (κ2) is 6.80. The number of amides is 1. The predicted molar refractivity (Wildman–Crippen MR) is 79.1 cm³/mol. The van der Waals surface area contributed by atoms with Crippen molar-refractivity contribution in [3.63, 3.8) is 0 Å². The normalized spacial score (nSPS) is 16.1. The maximum Gasteiger partial charge on any atom is 0.258 e. The van der Waals surface area contributed by atoms with Gasteiger partial charge in [0.25, 0.3) is 5.91 Å². The molecule has 2 rings (SSSR count). The van der Waals surface area contributed by atoms with Crippen molar-refractivity contribution in [2.24, 2.45) is 0 Å². The highest BCUT2D eigenvalue weighted by Gasteiger charge is 2.16. The van der Waals surface area contributed by atoms with Gasteiger partial charge in [-0.25, -0.2) is 0 Å². The third-order valence-electron chi connectivity index (χ3n) is 3.32. The molecule has 1 aliphatic carbocycles. The number of para-hydroxylation sites is 1. The number of carbonyl (C=O) groups excluding carboxylic acids is 1. The van der Waals surface area contributed by atoms with E-state index in [1.807, 2.05) is 12.1 Å². The monoisotopic (exact) mass is 326 g/mol. The molecule has 0 bridgehead atoms. The lowest BCUT2D eigenvalue weighted by Crippen LogP contribution is -2.39. The van der Waals surface area contributed by atoms with Crippen LogP contribution in [0.15, 0.2) is 22.7 Å². The van der Waals surface area contributed by atoms with Crippen molar-refractivity contribution >= 4 is 27.5 Å². The summed E-state index contributed by atoms with van der Waals surface area (Å²) in [7, 11) is 0. The number of hydrogen-bond acceptors (Lipinski definition) is 3. The topological polar surface area (TPSA) is 64.3 Å². The largest absolute Gasteiger partial charge is 0.480 e. The van der Waals surface area contributed by atoms with Crippen molar-refractivity contribution in [3.8, 4) is 5.75 Å². The molecule has 4 nitrogen and oxygen atoms in total. The molecule has 1 fully saturated rings.